The minimum atomic E-state index is -0.186. The summed E-state index contributed by atoms with van der Waals surface area (Å²) in [6.45, 7) is 2.09. The first-order valence-corrected chi connectivity index (χ1v) is 11.5. The number of nitrogens with one attached hydrogen (secondary N) is 1. The van der Waals surface area contributed by atoms with Crippen LogP contribution >= 0.6 is 35.0 Å². The second-order valence-corrected chi connectivity index (χ2v) is 8.77. The quantitative estimate of drug-likeness (QED) is 0.420. The van der Waals surface area contributed by atoms with Gasteiger partial charge in [-0.2, -0.15) is 0 Å². The molecule has 164 valence electrons. The highest BCUT2D eigenvalue weighted by molar-refractivity contribution is 7.99. The Morgan fingerprint density at radius 2 is 2.00 bits per heavy atom. The van der Waals surface area contributed by atoms with E-state index >= 15 is 0 Å². The molecule has 6 nitrogen and oxygen atoms in total. The zero-order valence-corrected chi connectivity index (χ0v) is 19.9. The second-order valence-electron chi connectivity index (χ2n) is 7.04. The molecular formula is C22H24Cl2N4O2S. The van der Waals surface area contributed by atoms with Crippen molar-refractivity contribution in [3.63, 3.8) is 0 Å². The maximum Gasteiger partial charge on any atom is 0.234 e. The minimum absolute atomic E-state index is 0.186. The Morgan fingerprint density at radius 1 is 1.19 bits per heavy atom. The average molecular weight is 479 g/mol. The van der Waals surface area contributed by atoms with Crippen molar-refractivity contribution in [2.24, 2.45) is 7.05 Å². The van der Waals surface area contributed by atoms with Crippen molar-refractivity contribution in [1.82, 2.24) is 14.8 Å². The van der Waals surface area contributed by atoms with E-state index in [-0.39, 0.29) is 11.7 Å². The first-order valence-electron chi connectivity index (χ1n) is 9.77. The average Bonchev–Trinajstić information content (AvgIpc) is 3.10. The van der Waals surface area contributed by atoms with Gasteiger partial charge >= 0.3 is 0 Å². The number of anilines is 1. The van der Waals surface area contributed by atoms with Gasteiger partial charge in [0.25, 0.3) is 0 Å². The minimum Gasteiger partial charge on any atom is -0.497 e. The van der Waals surface area contributed by atoms with E-state index in [9.17, 15) is 4.79 Å². The first-order chi connectivity index (χ1) is 14.9. The number of aryl methyl sites for hydroxylation is 3. The molecule has 3 aromatic rings. The number of halogens is 2. The summed E-state index contributed by atoms with van der Waals surface area (Å²) in [5, 5.41) is 12.7. The van der Waals surface area contributed by atoms with Crippen molar-refractivity contribution in [3.8, 4) is 5.75 Å². The summed E-state index contributed by atoms with van der Waals surface area (Å²) in [6, 6.07) is 11.3. The van der Waals surface area contributed by atoms with Gasteiger partial charge in [0.05, 0.1) is 28.6 Å². The highest BCUT2D eigenvalue weighted by Gasteiger charge is 2.13. The number of rotatable bonds is 9. The van der Waals surface area contributed by atoms with E-state index in [0.29, 0.717) is 20.9 Å². The van der Waals surface area contributed by atoms with Crippen molar-refractivity contribution in [2.45, 2.75) is 31.3 Å². The van der Waals surface area contributed by atoms with Crippen molar-refractivity contribution in [3.05, 3.63) is 63.4 Å². The number of ether oxygens (including phenoxy) is 1. The molecule has 1 amide bonds. The maximum absolute atomic E-state index is 12.3. The predicted molar refractivity (Wildman–Crippen MR) is 127 cm³/mol. The van der Waals surface area contributed by atoms with E-state index in [1.807, 2.05) is 23.7 Å². The topological polar surface area (TPSA) is 69.0 Å². The number of hydrogen-bond donors (Lipinski definition) is 1. The van der Waals surface area contributed by atoms with Crippen LogP contribution in [0.5, 0.6) is 5.75 Å². The number of carbonyl (C=O) groups is 1. The molecule has 0 saturated carbocycles. The van der Waals surface area contributed by atoms with Crippen molar-refractivity contribution in [2.75, 3.05) is 18.2 Å². The SMILES string of the molecule is COc1ccc(CCCc2nnc(SCC(=O)Nc3cccc(Cl)c3Cl)n2C)c(C)c1. The van der Waals surface area contributed by atoms with E-state index in [2.05, 4.69) is 28.5 Å². The number of thioether (sulfide) groups is 1. The lowest BCUT2D eigenvalue weighted by molar-refractivity contribution is -0.113. The largest absolute Gasteiger partial charge is 0.497 e. The molecule has 1 heterocycles. The summed E-state index contributed by atoms with van der Waals surface area (Å²) in [5.74, 6) is 1.78. The number of amides is 1. The van der Waals surface area contributed by atoms with Crippen LogP contribution in [0.1, 0.15) is 23.4 Å². The van der Waals surface area contributed by atoms with Gasteiger partial charge in [-0.1, -0.05) is 47.1 Å². The number of carbonyl (C=O) groups excluding carboxylic acids is 1. The van der Waals surface area contributed by atoms with Gasteiger partial charge in [-0.15, -0.1) is 10.2 Å². The molecule has 0 aliphatic heterocycles. The second kappa shape index (κ2) is 10.9. The van der Waals surface area contributed by atoms with Gasteiger partial charge in [-0.05, 0) is 55.2 Å². The Labute approximate surface area is 196 Å². The number of hydrogen-bond acceptors (Lipinski definition) is 5. The summed E-state index contributed by atoms with van der Waals surface area (Å²) in [7, 11) is 3.59. The van der Waals surface area contributed by atoms with E-state index in [0.717, 1.165) is 30.8 Å². The third-order valence-corrected chi connectivity index (χ3v) is 6.72. The third kappa shape index (κ3) is 6.15. The molecule has 31 heavy (non-hydrogen) atoms. The third-order valence-electron chi connectivity index (χ3n) is 4.88. The van der Waals surface area contributed by atoms with Gasteiger partial charge in [0.2, 0.25) is 5.91 Å². The molecule has 0 atom stereocenters. The van der Waals surface area contributed by atoms with Gasteiger partial charge in [0, 0.05) is 13.5 Å². The zero-order chi connectivity index (χ0) is 22.4. The van der Waals surface area contributed by atoms with Gasteiger partial charge in [0.15, 0.2) is 5.16 Å². The number of aromatic nitrogens is 3. The normalized spacial score (nSPS) is 10.9. The van der Waals surface area contributed by atoms with Gasteiger partial charge in [0.1, 0.15) is 11.6 Å². The molecule has 1 aromatic heterocycles. The molecule has 0 bridgehead atoms. The Bertz CT molecular complexity index is 1070. The molecule has 0 fully saturated rings. The first kappa shape index (κ1) is 23.4. The predicted octanol–water partition coefficient (Wildman–Crippen LogP) is 5.35. The number of benzene rings is 2. The summed E-state index contributed by atoms with van der Waals surface area (Å²) < 4.78 is 7.20. The molecule has 0 aliphatic carbocycles. The van der Waals surface area contributed by atoms with Crippen LogP contribution in [0.4, 0.5) is 5.69 Å². The van der Waals surface area contributed by atoms with Crippen LogP contribution in [0.15, 0.2) is 41.6 Å². The Morgan fingerprint density at radius 3 is 2.74 bits per heavy atom. The van der Waals surface area contributed by atoms with Crippen LogP contribution in [-0.4, -0.2) is 33.5 Å². The molecule has 0 aliphatic rings. The van der Waals surface area contributed by atoms with E-state index in [1.165, 1.54) is 22.9 Å². The summed E-state index contributed by atoms with van der Waals surface area (Å²) in [6.07, 6.45) is 2.71. The number of methoxy groups -OCH3 is 1. The maximum atomic E-state index is 12.3. The van der Waals surface area contributed by atoms with Gasteiger partial charge in [-0.25, -0.2) is 0 Å². The van der Waals surface area contributed by atoms with Gasteiger partial charge < -0.3 is 14.6 Å². The van der Waals surface area contributed by atoms with Crippen LogP contribution in [0.3, 0.4) is 0 Å². The highest BCUT2D eigenvalue weighted by atomic mass is 35.5. The summed E-state index contributed by atoms with van der Waals surface area (Å²) in [4.78, 5) is 12.3. The monoisotopic (exact) mass is 478 g/mol. The Balaban J connectivity index is 1.50. The Hall–Kier alpha value is -2.22. The van der Waals surface area contributed by atoms with Crippen LogP contribution < -0.4 is 10.1 Å². The number of nitrogens with zero attached hydrogens (tertiary/aromatic N) is 3. The Kier molecular flexibility index (Phi) is 8.23. The fourth-order valence-electron chi connectivity index (χ4n) is 3.12. The molecule has 0 unspecified atom stereocenters. The molecule has 9 heteroatoms. The van der Waals surface area contributed by atoms with Crippen molar-refractivity contribution in [1.29, 1.82) is 0 Å². The molecular weight excluding hydrogens is 455 g/mol. The van der Waals surface area contributed by atoms with Crippen LogP contribution in [-0.2, 0) is 24.7 Å². The van der Waals surface area contributed by atoms with E-state index in [1.54, 1.807) is 25.3 Å². The van der Waals surface area contributed by atoms with Crippen molar-refractivity contribution < 1.29 is 9.53 Å². The highest BCUT2D eigenvalue weighted by Crippen LogP contribution is 2.29. The van der Waals surface area contributed by atoms with Crippen molar-refractivity contribution >= 4 is 46.6 Å². The lowest BCUT2D eigenvalue weighted by atomic mass is 10.0. The van der Waals surface area contributed by atoms with Crippen LogP contribution in [0.2, 0.25) is 10.0 Å². The molecule has 0 spiro atoms. The summed E-state index contributed by atoms with van der Waals surface area (Å²) in [5.41, 5.74) is 3.01. The standard InChI is InChI=1S/C22H24Cl2N4O2S/c1-14-12-16(30-3)11-10-15(14)6-4-9-19-26-27-22(28(19)2)31-13-20(29)25-18-8-5-7-17(23)21(18)24/h5,7-8,10-12H,4,6,9,13H2,1-3H3,(H,25,29). The lowest BCUT2D eigenvalue weighted by Crippen LogP contribution is -2.15. The van der Waals surface area contributed by atoms with Crippen LogP contribution in [0.25, 0.3) is 0 Å². The fraction of sp³-hybridized carbons (Fsp3) is 0.318. The van der Waals surface area contributed by atoms with E-state index < -0.39 is 0 Å². The fourth-order valence-corrected chi connectivity index (χ4v) is 4.20. The van der Waals surface area contributed by atoms with Crippen LogP contribution in [0, 0.1) is 6.92 Å². The molecule has 0 radical (unpaired) electrons. The molecule has 3 rings (SSSR count). The molecule has 1 N–H and O–H groups in total. The zero-order valence-electron chi connectivity index (χ0n) is 17.6. The van der Waals surface area contributed by atoms with Gasteiger partial charge in [-0.3, -0.25) is 4.79 Å². The smallest absolute Gasteiger partial charge is 0.234 e. The summed E-state index contributed by atoms with van der Waals surface area (Å²) >= 11 is 13.4. The molecule has 0 saturated heterocycles. The van der Waals surface area contributed by atoms with E-state index in [4.69, 9.17) is 27.9 Å². The molecule has 2 aromatic carbocycles. The lowest BCUT2D eigenvalue weighted by Gasteiger charge is -2.09.